The Labute approximate surface area is 231 Å². The van der Waals surface area contributed by atoms with Crippen molar-refractivity contribution in [2.24, 2.45) is 44.3 Å². The zero-order chi connectivity index (χ0) is 28.6. The van der Waals surface area contributed by atoms with E-state index >= 15 is 0 Å². The van der Waals surface area contributed by atoms with Gasteiger partial charge in [0.05, 0.1) is 24.2 Å². The van der Waals surface area contributed by atoms with Crippen LogP contribution in [0.4, 0.5) is 0 Å². The Balaban J connectivity index is 1.58. The molecule has 210 valence electrons. The second kappa shape index (κ2) is 7.36. The normalized spacial score (nSPS) is 49.4. The monoisotopic (exact) mass is 535 g/mol. The first kappa shape index (κ1) is 26.6. The summed E-state index contributed by atoms with van der Waals surface area (Å²) >= 11 is 0. The van der Waals surface area contributed by atoms with Gasteiger partial charge in [0.1, 0.15) is 11.2 Å². The van der Waals surface area contributed by atoms with Gasteiger partial charge in [-0.3, -0.25) is 14.4 Å². The number of aliphatic hydroxyl groups excluding tert-OH is 1. The summed E-state index contributed by atoms with van der Waals surface area (Å²) in [5, 5.41) is 21.2. The van der Waals surface area contributed by atoms with Crippen molar-refractivity contribution < 1.29 is 29.0 Å². The number of nitrogens with zero attached hydrogens (tertiary/aromatic N) is 1. The highest BCUT2D eigenvalue weighted by molar-refractivity contribution is 6.05. The van der Waals surface area contributed by atoms with Gasteiger partial charge >= 0.3 is 11.9 Å². The number of nitriles is 1. The molecule has 7 nitrogen and oxygen atoms in total. The van der Waals surface area contributed by atoms with Gasteiger partial charge in [-0.1, -0.05) is 40.2 Å². The molecular weight excluding hydrogens is 494 g/mol. The minimum absolute atomic E-state index is 0.0118. The van der Waals surface area contributed by atoms with Crippen molar-refractivity contribution >= 4 is 17.7 Å². The minimum atomic E-state index is -1.40. The number of methoxy groups -OCH3 is 1. The summed E-state index contributed by atoms with van der Waals surface area (Å²) in [6, 6.07) is 2.15. The summed E-state index contributed by atoms with van der Waals surface area (Å²) in [6.07, 6.45) is 7.15. The fraction of sp³-hybridized carbons (Fsp3) is 0.750. The molecule has 39 heavy (non-hydrogen) atoms. The lowest BCUT2D eigenvalue weighted by atomic mass is 9.33. The molecule has 8 atom stereocenters. The van der Waals surface area contributed by atoms with E-state index < -0.39 is 38.6 Å². The van der Waals surface area contributed by atoms with Crippen LogP contribution in [0.2, 0.25) is 0 Å². The topological polar surface area (TPSA) is 114 Å². The molecule has 0 unspecified atom stereocenters. The van der Waals surface area contributed by atoms with Gasteiger partial charge in [-0.15, -0.1) is 0 Å². The van der Waals surface area contributed by atoms with Gasteiger partial charge in [-0.25, -0.2) is 0 Å². The maximum atomic E-state index is 14.6. The van der Waals surface area contributed by atoms with Crippen molar-refractivity contribution in [1.82, 2.24) is 0 Å². The van der Waals surface area contributed by atoms with E-state index in [2.05, 4.69) is 33.8 Å². The average molecular weight is 536 g/mol. The number of rotatable bonds is 1. The van der Waals surface area contributed by atoms with Crippen LogP contribution in [0, 0.1) is 55.7 Å². The first-order valence-electron chi connectivity index (χ1n) is 14.5. The molecule has 0 aromatic carbocycles. The Morgan fingerprint density at radius 3 is 2.36 bits per heavy atom. The summed E-state index contributed by atoms with van der Waals surface area (Å²) in [4.78, 5) is 41.6. The number of hydrogen-bond donors (Lipinski definition) is 1. The van der Waals surface area contributed by atoms with Gasteiger partial charge < -0.3 is 14.6 Å². The van der Waals surface area contributed by atoms with Crippen LogP contribution in [0.5, 0.6) is 0 Å². The molecule has 1 spiro atoms. The third-order valence-corrected chi connectivity index (χ3v) is 13.2. The molecule has 4 fully saturated rings. The Hall–Kier alpha value is -2.62. The van der Waals surface area contributed by atoms with Crippen LogP contribution in [0.3, 0.4) is 0 Å². The maximum Gasteiger partial charge on any atom is 0.319 e. The molecule has 1 aliphatic heterocycles. The number of fused-ring (bicyclic) bond motifs is 4. The maximum absolute atomic E-state index is 14.6. The molecule has 0 aromatic heterocycles. The highest BCUT2D eigenvalue weighted by Gasteiger charge is 2.82. The predicted octanol–water partition coefficient (Wildman–Crippen LogP) is 5.75. The average Bonchev–Trinajstić information content (AvgIpc) is 3.07. The van der Waals surface area contributed by atoms with E-state index in [9.17, 15) is 24.8 Å². The Morgan fingerprint density at radius 2 is 1.72 bits per heavy atom. The van der Waals surface area contributed by atoms with Crippen LogP contribution in [-0.4, -0.2) is 35.5 Å². The highest BCUT2D eigenvalue weighted by atomic mass is 16.6. The fourth-order valence-electron chi connectivity index (χ4n) is 10.9. The third-order valence-electron chi connectivity index (χ3n) is 13.2. The first-order chi connectivity index (χ1) is 18.0. The van der Waals surface area contributed by atoms with Gasteiger partial charge in [-0.2, -0.15) is 5.26 Å². The van der Waals surface area contributed by atoms with E-state index in [1.54, 1.807) is 13.0 Å². The van der Waals surface area contributed by atoms with E-state index in [0.29, 0.717) is 25.7 Å². The lowest BCUT2D eigenvalue weighted by Crippen LogP contribution is -2.71. The zero-order valence-electron chi connectivity index (χ0n) is 24.3. The van der Waals surface area contributed by atoms with E-state index in [-0.39, 0.29) is 46.8 Å². The number of carbonyl (C=O) groups is 3. The van der Waals surface area contributed by atoms with E-state index in [4.69, 9.17) is 9.47 Å². The second-order valence-electron chi connectivity index (χ2n) is 15.1. The van der Waals surface area contributed by atoms with Crippen molar-refractivity contribution in [1.29, 1.82) is 5.26 Å². The molecule has 3 saturated carbocycles. The molecule has 1 heterocycles. The van der Waals surface area contributed by atoms with Gasteiger partial charge in [-0.05, 0) is 86.5 Å². The lowest BCUT2D eigenvalue weighted by molar-refractivity contribution is -0.209. The predicted molar refractivity (Wildman–Crippen MR) is 142 cm³/mol. The summed E-state index contributed by atoms with van der Waals surface area (Å²) in [6.45, 7) is 12.5. The standard InChI is InChI=1S/C32H41NO6/c1-26(2)10-12-31-13-11-29(5)28(4)9-8-19-27(3,15-18(17-33)23(35)30(19,6)24(36)38-7)20(28)14-22(34)32(29,21(31)16-26)39-25(31)37/h14,19,21,35H,8-13,15-16H2,1-7H3/t19-,21-,27+,28-,29+,30+,31+,32-/m1/s1. The van der Waals surface area contributed by atoms with Gasteiger partial charge in [0.15, 0.2) is 11.4 Å². The summed E-state index contributed by atoms with van der Waals surface area (Å²) < 4.78 is 11.6. The molecule has 6 aliphatic rings. The number of ether oxygens (including phenoxy) is 2. The van der Waals surface area contributed by atoms with Crippen molar-refractivity contribution in [2.45, 2.75) is 98.5 Å². The molecular formula is C32H41NO6. The summed E-state index contributed by atoms with van der Waals surface area (Å²) in [7, 11) is 1.30. The van der Waals surface area contributed by atoms with Crippen LogP contribution in [0.25, 0.3) is 0 Å². The largest absolute Gasteiger partial charge is 0.510 e. The zero-order valence-corrected chi connectivity index (χ0v) is 24.3. The van der Waals surface area contributed by atoms with Gasteiger partial charge in [0, 0.05) is 11.3 Å². The SMILES string of the molecule is COC(=O)[C@]1(C)C(O)=C(C#N)C[C@]2(C)C3=CC(=O)[C@]45OC(=O)[C@@]6(CCC(C)(C)C[C@H]64)CC[C@@]5(C)[C@]3(C)CC[C@@H]12. The molecule has 6 rings (SSSR count). The van der Waals surface area contributed by atoms with Gasteiger partial charge in [0.2, 0.25) is 0 Å². The molecule has 0 amide bonds. The fourth-order valence-corrected chi connectivity index (χ4v) is 10.9. The number of ketones is 1. The van der Waals surface area contributed by atoms with Crippen LogP contribution in [0.1, 0.15) is 92.9 Å². The van der Waals surface area contributed by atoms with Crippen molar-refractivity contribution in [3.63, 3.8) is 0 Å². The number of hydrogen-bond acceptors (Lipinski definition) is 7. The van der Waals surface area contributed by atoms with Crippen LogP contribution in [0.15, 0.2) is 23.0 Å². The molecule has 1 saturated heterocycles. The number of allylic oxidation sites excluding steroid dienone is 2. The summed E-state index contributed by atoms with van der Waals surface area (Å²) in [5.41, 5.74) is -3.99. The first-order valence-corrected chi connectivity index (χ1v) is 14.5. The highest BCUT2D eigenvalue weighted by Crippen LogP contribution is 2.79. The smallest absolute Gasteiger partial charge is 0.319 e. The van der Waals surface area contributed by atoms with Crippen molar-refractivity contribution in [3.8, 4) is 6.07 Å². The molecule has 5 aliphatic carbocycles. The quantitative estimate of drug-likeness (QED) is 0.426. The van der Waals surface area contributed by atoms with E-state index in [0.717, 1.165) is 24.8 Å². The number of aliphatic hydroxyl groups is 1. The van der Waals surface area contributed by atoms with Crippen molar-refractivity contribution in [2.75, 3.05) is 7.11 Å². The van der Waals surface area contributed by atoms with Crippen LogP contribution in [-0.2, 0) is 23.9 Å². The Morgan fingerprint density at radius 1 is 1.05 bits per heavy atom. The van der Waals surface area contributed by atoms with Crippen LogP contribution >= 0.6 is 0 Å². The molecule has 0 radical (unpaired) electrons. The molecule has 0 aromatic rings. The number of carbonyl (C=O) groups excluding carboxylic acids is 3. The molecule has 1 N–H and O–H groups in total. The summed E-state index contributed by atoms with van der Waals surface area (Å²) in [5.74, 6) is -1.66. The lowest BCUT2D eigenvalue weighted by Gasteiger charge is -2.69. The van der Waals surface area contributed by atoms with E-state index in [1.807, 2.05) is 6.92 Å². The Bertz CT molecular complexity index is 1340. The molecule has 7 heteroatoms. The third kappa shape index (κ3) is 2.63. The van der Waals surface area contributed by atoms with Gasteiger partial charge in [0.25, 0.3) is 0 Å². The van der Waals surface area contributed by atoms with Crippen molar-refractivity contribution in [3.05, 3.63) is 23.0 Å². The number of esters is 2. The second-order valence-corrected chi connectivity index (χ2v) is 15.1. The molecule has 2 bridgehead atoms. The van der Waals surface area contributed by atoms with Crippen LogP contribution < -0.4 is 0 Å². The Kier molecular flexibility index (Phi) is 5.02. The van der Waals surface area contributed by atoms with E-state index in [1.165, 1.54) is 7.11 Å². The minimum Gasteiger partial charge on any atom is -0.510 e.